The first-order valence-electron chi connectivity index (χ1n) is 6.33. The van der Waals surface area contributed by atoms with Gasteiger partial charge in [-0.05, 0) is 54.5 Å². The van der Waals surface area contributed by atoms with E-state index in [1.165, 1.54) is 11.1 Å². The molecule has 0 aliphatic rings. The van der Waals surface area contributed by atoms with Crippen molar-refractivity contribution in [3.05, 3.63) is 67.8 Å². The molecule has 0 saturated carbocycles. The highest BCUT2D eigenvalue weighted by atomic mass is 127. The molecule has 0 amide bonds. The van der Waals surface area contributed by atoms with Crippen molar-refractivity contribution in [2.45, 2.75) is 27.2 Å². The van der Waals surface area contributed by atoms with E-state index < -0.39 is 0 Å². The number of halogens is 1. The van der Waals surface area contributed by atoms with Gasteiger partial charge in [-0.2, -0.15) is 0 Å². The van der Waals surface area contributed by atoms with E-state index in [9.17, 15) is 4.79 Å². The molecule has 0 heterocycles. The van der Waals surface area contributed by atoms with Crippen LogP contribution in [0.5, 0.6) is 0 Å². The van der Waals surface area contributed by atoms with Crippen molar-refractivity contribution in [2.75, 3.05) is 0 Å². The summed E-state index contributed by atoms with van der Waals surface area (Å²) in [6.07, 6.45) is 0.474. The molecule has 0 spiro atoms. The highest BCUT2D eigenvalue weighted by Crippen LogP contribution is 2.19. The lowest BCUT2D eigenvalue weighted by atomic mass is 9.99. The van der Waals surface area contributed by atoms with E-state index in [1.807, 2.05) is 25.1 Å². The van der Waals surface area contributed by atoms with Crippen molar-refractivity contribution < 1.29 is 4.79 Å². The number of Topliss-reactive ketones (excluding diaryl/α,β-unsaturated/α-hetero) is 1. The Morgan fingerprint density at radius 2 is 1.68 bits per heavy atom. The minimum absolute atomic E-state index is 0.193. The van der Waals surface area contributed by atoms with Gasteiger partial charge in [0.25, 0.3) is 0 Å². The molecule has 0 fully saturated rings. The Morgan fingerprint density at radius 1 is 1.05 bits per heavy atom. The maximum atomic E-state index is 12.4. The standard InChI is InChI=1S/C17H17IO/c1-11-7-12(2)9-14(8-11)10-16(19)15-6-4-5-13(3)17(15)18/h4-9H,10H2,1-3H3. The topological polar surface area (TPSA) is 17.1 Å². The van der Waals surface area contributed by atoms with E-state index in [1.54, 1.807) is 0 Å². The fourth-order valence-electron chi connectivity index (χ4n) is 2.31. The number of benzene rings is 2. The van der Waals surface area contributed by atoms with Crippen molar-refractivity contribution in [2.24, 2.45) is 0 Å². The minimum Gasteiger partial charge on any atom is -0.294 e. The van der Waals surface area contributed by atoms with Crippen LogP contribution < -0.4 is 0 Å². The van der Waals surface area contributed by atoms with Gasteiger partial charge in [-0.25, -0.2) is 0 Å². The molecule has 0 unspecified atom stereocenters. The largest absolute Gasteiger partial charge is 0.294 e. The first-order chi connectivity index (χ1) is 8.97. The van der Waals surface area contributed by atoms with Crippen LogP contribution in [0.4, 0.5) is 0 Å². The van der Waals surface area contributed by atoms with Gasteiger partial charge >= 0.3 is 0 Å². The molecule has 2 aromatic rings. The second-order valence-electron chi connectivity index (χ2n) is 5.03. The van der Waals surface area contributed by atoms with E-state index in [-0.39, 0.29) is 5.78 Å². The van der Waals surface area contributed by atoms with Gasteiger partial charge in [0.15, 0.2) is 5.78 Å². The molecule has 0 aliphatic carbocycles. The molecule has 2 heteroatoms. The Morgan fingerprint density at radius 3 is 2.32 bits per heavy atom. The summed E-state index contributed by atoms with van der Waals surface area (Å²) in [4.78, 5) is 12.4. The van der Waals surface area contributed by atoms with E-state index in [2.05, 4.69) is 54.6 Å². The zero-order valence-electron chi connectivity index (χ0n) is 11.5. The first kappa shape index (κ1) is 14.3. The van der Waals surface area contributed by atoms with Gasteiger partial charge in [0, 0.05) is 15.6 Å². The predicted molar refractivity (Wildman–Crippen MR) is 87.8 cm³/mol. The van der Waals surface area contributed by atoms with Crippen molar-refractivity contribution in [3.63, 3.8) is 0 Å². The summed E-state index contributed by atoms with van der Waals surface area (Å²) in [6, 6.07) is 12.2. The van der Waals surface area contributed by atoms with Gasteiger partial charge in [0.2, 0.25) is 0 Å². The number of hydrogen-bond donors (Lipinski definition) is 0. The van der Waals surface area contributed by atoms with Crippen molar-refractivity contribution >= 4 is 28.4 Å². The van der Waals surface area contributed by atoms with Crippen LogP contribution in [0, 0.1) is 24.3 Å². The zero-order valence-corrected chi connectivity index (χ0v) is 13.6. The van der Waals surface area contributed by atoms with Crippen LogP contribution in [-0.2, 0) is 6.42 Å². The van der Waals surface area contributed by atoms with E-state index in [0.717, 1.165) is 20.3 Å². The normalized spacial score (nSPS) is 10.5. The summed E-state index contributed by atoms with van der Waals surface area (Å²) >= 11 is 2.26. The molecule has 0 N–H and O–H groups in total. The molecule has 19 heavy (non-hydrogen) atoms. The fraction of sp³-hybridized carbons (Fsp3) is 0.235. The maximum Gasteiger partial charge on any atom is 0.168 e. The van der Waals surface area contributed by atoms with Crippen LogP contribution >= 0.6 is 22.6 Å². The van der Waals surface area contributed by atoms with Gasteiger partial charge in [-0.15, -0.1) is 0 Å². The lowest BCUT2D eigenvalue weighted by Gasteiger charge is -2.08. The number of ketones is 1. The number of aryl methyl sites for hydroxylation is 3. The predicted octanol–water partition coefficient (Wildman–Crippen LogP) is 4.64. The highest BCUT2D eigenvalue weighted by Gasteiger charge is 2.12. The maximum absolute atomic E-state index is 12.4. The second kappa shape index (κ2) is 5.87. The van der Waals surface area contributed by atoms with Crippen LogP contribution in [0.25, 0.3) is 0 Å². The third kappa shape index (κ3) is 3.44. The molecule has 2 rings (SSSR count). The third-order valence-electron chi connectivity index (χ3n) is 3.14. The zero-order chi connectivity index (χ0) is 14.0. The Labute approximate surface area is 128 Å². The number of carbonyl (C=O) groups is 1. The van der Waals surface area contributed by atoms with Crippen LogP contribution in [0.15, 0.2) is 36.4 Å². The van der Waals surface area contributed by atoms with Crippen LogP contribution in [0.1, 0.15) is 32.6 Å². The molecule has 1 nitrogen and oxygen atoms in total. The molecular formula is C17H17IO. The van der Waals surface area contributed by atoms with Crippen molar-refractivity contribution in [1.82, 2.24) is 0 Å². The molecule has 2 aromatic carbocycles. The molecule has 0 aliphatic heterocycles. The molecule has 0 radical (unpaired) electrons. The molecule has 0 saturated heterocycles. The van der Waals surface area contributed by atoms with Crippen molar-refractivity contribution in [3.8, 4) is 0 Å². The lowest BCUT2D eigenvalue weighted by Crippen LogP contribution is -2.07. The van der Waals surface area contributed by atoms with Gasteiger partial charge in [-0.3, -0.25) is 4.79 Å². The monoisotopic (exact) mass is 364 g/mol. The second-order valence-corrected chi connectivity index (χ2v) is 6.11. The van der Waals surface area contributed by atoms with Crippen LogP contribution in [-0.4, -0.2) is 5.78 Å². The number of carbonyl (C=O) groups excluding carboxylic acids is 1. The smallest absolute Gasteiger partial charge is 0.168 e. The van der Waals surface area contributed by atoms with Gasteiger partial charge < -0.3 is 0 Å². The van der Waals surface area contributed by atoms with Gasteiger partial charge in [0.05, 0.1) is 0 Å². The summed E-state index contributed by atoms with van der Waals surface area (Å²) in [5.74, 6) is 0.193. The molecule has 0 aromatic heterocycles. The molecule has 98 valence electrons. The SMILES string of the molecule is Cc1cc(C)cc(CC(=O)c2cccc(C)c2I)c1. The van der Waals surface area contributed by atoms with E-state index in [4.69, 9.17) is 0 Å². The quantitative estimate of drug-likeness (QED) is 0.573. The summed E-state index contributed by atoms with van der Waals surface area (Å²) in [7, 11) is 0. The van der Waals surface area contributed by atoms with Crippen LogP contribution in [0.2, 0.25) is 0 Å². The first-order valence-corrected chi connectivity index (χ1v) is 7.41. The Kier molecular flexibility index (Phi) is 4.40. The third-order valence-corrected chi connectivity index (χ3v) is 4.57. The van der Waals surface area contributed by atoms with Gasteiger partial charge in [0.1, 0.15) is 0 Å². The molecule has 0 atom stereocenters. The van der Waals surface area contributed by atoms with E-state index >= 15 is 0 Å². The Bertz CT molecular complexity index is 609. The van der Waals surface area contributed by atoms with Gasteiger partial charge in [-0.1, -0.05) is 47.5 Å². The minimum atomic E-state index is 0.193. The summed E-state index contributed by atoms with van der Waals surface area (Å²) in [5.41, 5.74) is 5.51. The molecule has 0 bridgehead atoms. The molecular weight excluding hydrogens is 347 g/mol. The number of rotatable bonds is 3. The lowest BCUT2D eigenvalue weighted by molar-refractivity contribution is 0.0992. The average Bonchev–Trinajstić information content (AvgIpc) is 2.31. The van der Waals surface area contributed by atoms with E-state index in [0.29, 0.717) is 6.42 Å². The Hall–Kier alpha value is -1.16. The summed E-state index contributed by atoms with van der Waals surface area (Å²) < 4.78 is 1.06. The van der Waals surface area contributed by atoms with Crippen LogP contribution in [0.3, 0.4) is 0 Å². The summed E-state index contributed by atoms with van der Waals surface area (Å²) in [5, 5.41) is 0. The van der Waals surface area contributed by atoms with Crippen molar-refractivity contribution in [1.29, 1.82) is 0 Å². The summed E-state index contributed by atoms with van der Waals surface area (Å²) in [6.45, 7) is 6.17. The highest BCUT2D eigenvalue weighted by molar-refractivity contribution is 14.1. The Balaban J connectivity index is 2.28. The average molecular weight is 364 g/mol. The number of hydrogen-bond acceptors (Lipinski definition) is 1. The fourth-order valence-corrected chi connectivity index (χ4v) is 2.97.